The molecule has 5 rings (SSSR count). The average Bonchev–Trinajstić information content (AvgIpc) is 3.00. The number of anilines is 1. The van der Waals surface area contributed by atoms with E-state index < -0.39 is 6.10 Å². The summed E-state index contributed by atoms with van der Waals surface area (Å²) in [6.07, 6.45) is 0.197. The SMILES string of the molecule is COCCCN1CCOc2ccc(COC3CNCC(O)C3c3ccc(Oc4ccc(OC)c(OC)c4)cc3)cc21. The summed E-state index contributed by atoms with van der Waals surface area (Å²) >= 11 is 0. The molecule has 9 heteroatoms. The lowest BCUT2D eigenvalue weighted by molar-refractivity contribution is -0.0328. The van der Waals surface area contributed by atoms with Crippen LogP contribution in [0.4, 0.5) is 5.69 Å². The predicted octanol–water partition coefficient (Wildman–Crippen LogP) is 4.36. The predicted molar refractivity (Wildman–Crippen MR) is 157 cm³/mol. The van der Waals surface area contributed by atoms with Gasteiger partial charge in [0.25, 0.3) is 0 Å². The zero-order chi connectivity index (χ0) is 28.6. The molecule has 0 bridgehead atoms. The molecule has 2 aliphatic heterocycles. The molecule has 41 heavy (non-hydrogen) atoms. The Kier molecular flexibility index (Phi) is 9.84. The number of hydrogen-bond donors (Lipinski definition) is 2. The number of aliphatic hydroxyl groups excluding tert-OH is 1. The summed E-state index contributed by atoms with van der Waals surface area (Å²) in [6.45, 7) is 4.80. The Hall–Kier alpha value is -3.50. The van der Waals surface area contributed by atoms with Crippen LogP contribution >= 0.6 is 0 Å². The van der Waals surface area contributed by atoms with Gasteiger partial charge in [0.2, 0.25) is 0 Å². The zero-order valence-electron chi connectivity index (χ0n) is 24.0. The highest BCUT2D eigenvalue weighted by molar-refractivity contribution is 5.61. The summed E-state index contributed by atoms with van der Waals surface area (Å²) in [5, 5.41) is 14.3. The van der Waals surface area contributed by atoms with Gasteiger partial charge in [0, 0.05) is 45.3 Å². The summed E-state index contributed by atoms with van der Waals surface area (Å²) in [5.41, 5.74) is 3.17. The van der Waals surface area contributed by atoms with Crippen molar-refractivity contribution < 1.29 is 33.5 Å². The highest BCUT2D eigenvalue weighted by Crippen LogP contribution is 2.36. The molecule has 2 aliphatic rings. The highest BCUT2D eigenvalue weighted by atomic mass is 16.5. The Morgan fingerprint density at radius 1 is 0.927 bits per heavy atom. The van der Waals surface area contributed by atoms with Gasteiger partial charge >= 0.3 is 0 Å². The van der Waals surface area contributed by atoms with E-state index in [0.29, 0.717) is 49.3 Å². The second-order valence-electron chi connectivity index (χ2n) is 10.3. The van der Waals surface area contributed by atoms with Crippen LogP contribution in [0.2, 0.25) is 0 Å². The minimum absolute atomic E-state index is 0.169. The number of nitrogens with one attached hydrogen (secondary N) is 1. The zero-order valence-corrected chi connectivity index (χ0v) is 24.0. The van der Waals surface area contributed by atoms with E-state index in [0.717, 1.165) is 48.7 Å². The molecule has 2 heterocycles. The maximum atomic E-state index is 11.0. The van der Waals surface area contributed by atoms with E-state index in [2.05, 4.69) is 22.3 Å². The molecule has 3 unspecified atom stereocenters. The Morgan fingerprint density at radius 3 is 2.51 bits per heavy atom. The Balaban J connectivity index is 1.25. The van der Waals surface area contributed by atoms with Crippen LogP contribution in [0.25, 0.3) is 0 Å². The number of β-amino-alcohol motifs (C(OH)–C–C–N with tert-alkyl or cyclic N) is 1. The van der Waals surface area contributed by atoms with Gasteiger partial charge in [-0.1, -0.05) is 18.2 Å². The van der Waals surface area contributed by atoms with Crippen LogP contribution in [0.3, 0.4) is 0 Å². The number of nitrogens with zero attached hydrogens (tertiary/aromatic N) is 1. The number of benzene rings is 3. The van der Waals surface area contributed by atoms with Crippen molar-refractivity contribution in [2.75, 3.05) is 65.6 Å². The number of piperidine rings is 1. The van der Waals surface area contributed by atoms with Crippen LogP contribution in [0.5, 0.6) is 28.7 Å². The quantitative estimate of drug-likeness (QED) is 0.311. The van der Waals surface area contributed by atoms with Gasteiger partial charge in [-0.3, -0.25) is 0 Å². The van der Waals surface area contributed by atoms with Crippen molar-refractivity contribution in [3.63, 3.8) is 0 Å². The van der Waals surface area contributed by atoms with Crippen molar-refractivity contribution in [1.29, 1.82) is 0 Å². The van der Waals surface area contributed by atoms with Gasteiger partial charge in [0.05, 0.1) is 45.3 Å². The molecule has 0 aromatic heterocycles. The number of methoxy groups -OCH3 is 3. The van der Waals surface area contributed by atoms with Crippen molar-refractivity contribution in [2.45, 2.75) is 31.2 Å². The summed E-state index contributed by atoms with van der Waals surface area (Å²) in [7, 11) is 4.93. The average molecular weight is 565 g/mol. The van der Waals surface area contributed by atoms with Gasteiger partial charge < -0.3 is 43.7 Å². The third kappa shape index (κ3) is 7.05. The second kappa shape index (κ2) is 13.9. The normalized spacial score (nSPS) is 20.2. The molecule has 9 nitrogen and oxygen atoms in total. The maximum Gasteiger partial charge on any atom is 0.164 e. The largest absolute Gasteiger partial charge is 0.493 e. The molecule has 3 aromatic rings. The van der Waals surface area contributed by atoms with E-state index in [1.807, 2.05) is 42.5 Å². The Morgan fingerprint density at radius 2 is 1.73 bits per heavy atom. The highest BCUT2D eigenvalue weighted by Gasteiger charge is 2.34. The summed E-state index contributed by atoms with van der Waals surface area (Å²) in [6, 6.07) is 19.5. The van der Waals surface area contributed by atoms with Crippen LogP contribution in [0.1, 0.15) is 23.5 Å². The fourth-order valence-electron chi connectivity index (χ4n) is 5.49. The third-order valence-corrected chi connectivity index (χ3v) is 7.59. The maximum absolute atomic E-state index is 11.0. The first-order valence-electron chi connectivity index (χ1n) is 14.1. The van der Waals surface area contributed by atoms with Gasteiger partial charge in [-0.25, -0.2) is 0 Å². The van der Waals surface area contributed by atoms with Crippen LogP contribution in [0.15, 0.2) is 60.7 Å². The molecule has 1 fully saturated rings. The molecule has 2 N–H and O–H groups in total. The first kappa shape index (κ1) is 29.0. The van der Waals surface area contributed by atoms with Gasteiger partial charge in [0.1, 0.15) is 23.9 Å². The number of rotatable bonds is 12. The summed E-state index contributed by atoms with van der Waals surface area (Å²) in [5.74, 6) is 3.31. The van der Waals surface area contributed by atoms with Crippen molar-refractivity contribution in [1.82, 2.24) is 5.32 Å². The smallest absolute Gasteiger partial charge is 0.164 e. The van der Waals surface area contributed by atoms with E-state index in [9.17, 15) is 5.11 Å². The topological polar surface area (TPSA) is 90.9 Å². The monoisotopic (exact) mass is 564 g/mol. The standard InChI is InChI=1S/C32H40N2O7/c1-36-15-4-13-34-14-16-39-28-11-5-22(17-26(28)34)21-40-31-20-33-19-27(35)32(31)23-6-8-24(9-7-23)41-25-10-12-29(37-2)30(18-25)38-3/h5-12,17-18,27,31-33,35H,4,13-16,19-21H2,1-3H3. The van der Waals surface area contributed by atoms with Crippen molar-refractivity contribution in [3.8, 4) is 28.7 Å². The molecule has 0 amide bonds. The molecular formula is C32H40N2O7. The van der Waals surface area contributed by atoms with E-state index in [-0.39, 0.29) is 12.0 Å². The Labute approximate surface area is 241 Å². The summed E-state index contributed by atoms with van der Waals surface area (Å²) < 4.78 is 34.3. The first-order valence-corrected chi connectivity index (χ1v) is 14.1. The lowest BCUT2D eigenvalue weighted by atomic mass is 9.85. The van der Waals surface area contributed by atoms with Gasteiger partial charge in [-0.2, -0.15) is 0 Å². The van der Waals surface area contributed by atoms with E-state index in [1.54, 1.807) is 27.4 Å². The number of hydrogen-bond acceptors (Lipinski definition) is 9. The lowest BCUT2D eigenvalue weighted by Crippen LogP contribution is -2.49. The molecule has 1 saturated heterocycles. The summed E-state index contributed by atoms with van der Waals surface area (Å²) in [4.78, 5) is 2.35. The van der Waals surface area contributed by atoms with Gasteiger partial charge in [0.15, 0.2) is 11.5 Å². The molecule has 3 atom stereocenters. The van der Waals surface area contributed by atoms with E-state index in [1.165, 1.54) is 0 Å². The molecule has 0 aliphatic carbocycles. The van der Waals surface area contributed by atoms with E-state index in [4.69, 9.17) is 28.4 Å². The second-order valence-corrected chi connectivity index (χ2v) is 10.3. The lowest BCUT2D eigenvalue weighted by Gasteiger charge is -2.36. The minimum Gasteiger partial charge on any atom is -0.493 e. The van der Waals surface area contributed by atoms with Gasteiger partial charge in [-0.05, 0) is 53.9 Å². The van der Waals surface area contributed by atoms with Crippen molar-refractivity contribution in [3.05, 3.63) is 71.8 Å². The molecule has 3 aromatic carbocycles. The van der Waals surface area contributed by atoms with Crippen LogP contribution in [0, 0.1) is 0 Å². The van der Waals surface area contributed by atoms with Crippen molar-refractivity contribution in [2.24, 2.45) is 0 Å². The fraction of sp³-hybridized carbons (Fsp3) is 0.438. The van der Waals surface area contributed by atoms with Gasteiger partial charge in [-0.15, -0.1) is 0 Å². The molecule has 0 radical (unpaired) electrons. The first-order chi connectivity index (χ1) is 20.1. The molecule has 0 spiro atoms. The molecule has 220 valence electrons. The number of ether oxygens (including phenoxy) is 6. The molecule has 0 saturated carbocycles. The number of aliphatic hydroxyl groups is 1. The van der Waals surface area contributed by atoms with Crippen LogP contribution < -0.4 is 29.2 Å². The van der Waals surface area contributed by atoms with E-state index >= 15 is 0 Å². The van der Waals surface area contributed by atoms with Crippen LogP contribution in [-0.2, 0) is 16.1 Å². The third-order valence-electron chi connectivity index (χ3n) is 7.59. The van der Waals surface area contributed by atoms with Crippen LogP contribution in [-0.4, -0.2) is 78.0 Å². The number of fused-ring (bicyclic) bond motifs is 1. The fourth-order valence-corrected chi connectivity index (χ4v) is 5.49. The molecular weight excluding hydrogens is 524 g/mol. The Bertz CT molecular complexity index is 1270. The minimum atomic E-state index is -0.570. The van der Waals surface area contributed by atoms with Crippen molar-refractivity contribution >= 4 is 5.69 Å².